The van der Waals surface area contributed by atoms with Crippen LogP contribution in [0.3, 0.4) is 0 Å². The number of rotatable bonds is 3. The number of hydrogen-bond acceptors (Lipinski definition) is 2. The Hall–Kier alpha value is -1.39. The van der Waals surface area contributed by atoms with Crippen LogP contribution in [0, 0.1) is 11.6 Å². The summed E-state index contributed by atoms with van der Waals surface area (Å²) in [5, 5.41) is 0. The van der Waals surface area contributed by atoms with Gasteiger partial charge in [-0.2, -0.15) is 0 Å². The van der Waals surface area contributed by atoms with E-state index in [1.54, 1.807) is 0 Å². The largest absolute Gasteiger partial charge is 0.324 e. The molecule has 2 aromatic carbocycles. The molecule has 0 fully saturated rings. The molecule has 0 saturated carbocycles. The Bertz CT molecular complexity index is 555. The normalized spacial score (nSPS) is 12.4. The zero-order chi connectivity index (χ0) is 13.1. The molecule has 94 valence electrons. The Balaban J connectivity index is 2.37. The Kier molecular flexibility index (Phi) is 3.99. The van der Waals surface area contributed by atoms with E-state index in [0.717, 1.165) is 22.6 Å². The van der Waals surface area contributed by atoms with Gasteiger partial charge in [0.05, 0.1) is 4.90 Å². The van der Waals surface area contributed by atoms with Crippen molar-refractivity contribution in [2.75, 3.05) is 0 Å². The Morgan fingerprint density at radius 2 is 1.78 bits per heavy atom. The minimum atomic E-state index is -0.447. The fourth-order valence-corrected chi connectivity index (χ4v) is 2.72. The Morgan fingerprint density at radius 1 is 1.06 bits per heavy atom. The summed E-state index contributed by atoms with van der Waals surface area (Å²) in [5.41, 5.74) is 6.78. The van der Waals surface area contributed by atoms with Crippen molar-refractivity contribution in [1.82, 2.24) is 0 Å². The van der Waals surface area contributed by atoms with Crippen molar-refractivity contribution in [2.24, 2.45) is 5.73 Å². The van der Waals surface area contributed by atoms with Crippen LogP contribution in [0.1, 0.15) is 18.5 Å². The van der Waals surface area contributed by atoms with E-state index in [4.69, 9.17) is 5.73 Å². The molecule has 2 rings (SSSR count). The van der Waals surface area contributed by atoms with Gasteiger partial charge in [0.15, 0.2) is 0 Å². The van der Waals surface area contributed by atoms with Crippen molar-refractivity contribution in [3.8, 4) is 0 Å². The third kappa shape index (κ3) is 2.89. The second-order valence-corrected chi connectivity index (χ2v) is 5.09. The van der Waals surface area contributed by atoms with Crippen LogP contribution >= 0.6 is 11.8 Å². The monoisotopic (exact) mass is 265 g/mol. The van der Waals surface area contributed by atoms with E-state index < -0.39 is 11.6 Å². The van der Waals surface area contributed by atoms with E-state index in [9.17, 15) is 8.78 Å². The molecule has 18 heavy (non-hydrogen) atoms. The van der Waals surface area contributed by atoms with Crippen LogP contribution in [0.5, 0.6) is 0 Å². The van der Waals surface area contributed by atoms with Gasteiger partial charge >= 0.3 is 0 Å². The summed E-state index contributed by atoms with van der Waals surface area (Å²) in [6.07, 6.45) is 0. The Morgan fingerprint density at radius 3 is 2.50 bits per heavy atom. The molecular formula is C14H13F2NS. The van der Waals surface area contributed by atoms with Gasteiger partial charge in [-0.1, -0.05) is 30.0 Å². The van der Waals surface area contributed by atoms with Gasteiger partial charge in [0.1, 0.15) is 11.6 Å². The SMILES string of the molecule is CC(N)c1ccccc1Sc1cc(F)ccc1F. The zero-order valence-corrected chi connectivity index (χ0v) is 10.7. The quantitative estimate of drug-likeness (QED) is 0.902. The molecule has 0 aliphatic heterocycles. The van der Waals surface area contributed by atoms with Gasteiger partial charge in [-0.15, -0.1) is 0 Å². The maximum Gasteiger partial charge on any atom is 0.137 e. The third-order valence-electron chi connectivity index (χ3n) is 2.52. The van der Waals surface area contributed by atoms with Gasteiger partial charge in [0.2, 0.25) is 0 Å². The van der Waals surface area contributed by atoms with Crippen molar-refractivity contribution < 1.29 is 8.78 Å². The van der Waals surface area contributed by atoms with Crippen LogP contribution in [-0.4, -0.2) is 0 Å². The van der Waals surface area contributed by atoms with Gasteiger partial charge in [-0.05, 0) is 36.8 Å². The molecule has 0 amide bonds. The fraction of sp³-hybridized carbons (Fsp3) is 0.143. The smallest absolute Gasteiger partial charge is 0.137 e. The molecule has 1 nitrogen and oxygen atoms in total. The van der Waals surface area contributed by atoms with Crippen LogP contribution in [0.4, 0.5) is 8.78 Å². The summed E-state index contributed by atoms with van der Waals surface area (Å²) in [4.78, 5) is 1.11. The molecule has 1 atom stereocenters. The van der Waals surface area contributed by atoms with Crippen LogP contribution in [0.15, 0.2) is 52.3 Å². The lowest BCUT2D eigenvalue weighted by Crippen LogP contribution is -2.06. The minimum absolute atomic E-state index is 0.148. The molecule has 0 aliphatic carbocycles. The topological polar surface area (TPSA) is 26.0 Å². The summed E-state index contributed by atoms with van der Waals surface area (Å²) in [5.74, 6) is -0.877. The molecule has 1 unspecified atom stereocenters. The second-order valence-electron chi connectivity index (χ2n) is 4.00. The lowest BCUT2D eigenvalue weighted by Gasteiger charge is -2.12. The summed E-state index contributed by atoms with van der Waals surface area (Å²) in [6.45, 7) is 1.86. The van der Waals surface area contributed by atoms with E-state index in [0.29, 0.717) is 0 Å². The lowest BCUT2D eigenvalue weighted by atomic mass is 10.1. The second kappa shape index (κ2) is 5.50. The maximum atomic E-state index is 13.6. The molecule has 0 saturated heterocycles. The molecule has 4 heteroatoms. The summed E-state index contributed by atoms with van der Waals surface area (Å²) < 4.78 is 26.7. The van der Waals surface area contributed by atoms with Crippen molar-refractivity contribution in [3.05, 3.63) is 59.7 Å². The highest BCUT2D eigenvalue weighted by molar-refractivity contribution is 7.99. The molecule has 0 heterocycles. The summed E-state index contributed by atoms with van der Waals surface area (Å²) in [7, 11) is 0. The molecule has 2 aromatic rings. The first kappa shape index (κ1) is 13.1. The van der Waals surface area contributed by atoms with Crippen molar-refractivity contribution >= 4 is 11.8 Å². The van der Waals surface area contributed by atoms with Crippen LogP contribution in [0.2, 0.25) is 0 Å². The predicted octanol–water partition coefficient (Wildman–Crippen LogP) is 4.14. The van der Waals surface area contributed by atoms with Gasteiger partial charge in [-0.25, -0.2) is 8.78 Å². The summed E-state index contributed by atoms with van der Waals surface area (Å²) >= 11 is 1.19. The maximum absolute atomic E-state index is 13.6. The van der Waals surface area contributed by atoms with Crippen molar-refractivity contribution in [2.45, 2.75) is 22.8 Å². The van der Waals surface area contributed by atoms with E-state index >= 15 is 0 Å². The van der Waals surface area contributed by atoms with E-state index in [1.807, 2.05) is 31.2 Å². The lowest BCUT2D eigenvalue weighted by molar-refractivity contribution is 0.577. The Labute approximate surface area is 109 Å². The minimum Gasteiger partial charge on any atom is -0.324 e. The van der Waals surface area contributed by atoms with Gasteiger partial charge in [0.25, 0.3) is 0 Å². The van der Waals surface area contributed by atoms with Crippen LogP contribution < -0.4 is 5.73 Å². The van der Waals surface area contributed by atoms with E-state index in [1.165, 1.54) is 17.8 Å². The number of benzene rings is 2. The highest BCUT2D eigenvalue weighted by atomic mass is 32.2. The summed E-state index contributed by atoms with van der Waals surface area (Å²) in [6, 6.07) is 10.8. The third-order valence-corrected chi connectivity index (χ3v) is 3.65. The average molecular weight is 265 g/mol. The number of hydrogen-bond donors (Lipinski definition) is 1. The standard InChI is InChI=1S/C14H13F2NS/c1-9(17)11-4-2-3-5-13(11)18-14-8-10(15)6-7-12(14)16/h2-9H,17H2,1H3. The van der Waals surface area contributed by atoms with Gasteiger partial charge < -0.3 is 5.73 Å². The average Bonchev–Trinajstić information content (AvgIpc) is 2.34. The molecule has 0 aromatic heterocycles. The van der Waals surface area contributed by atoms with E-state index in [2.05, 4.69) is 0 Å². The number of halogens is 2. The van der Waals surface area contributed by atoms with Crippen LogP contribution in [-0.2, 0) is 0 Å². The van der Waals surface area contributed by atoms with Crippen molar-refractivity contribution in [3.63, 3.8) is 0 Å². The van der Waals surface area contributed by atoms with Crippen molar-refractivity contribution in [1.29, 1.82) is 0 Å². The predicted molar refractivity (Wildman–Crippen MR) is 69.5 cm³/mol. The molecular weight excluding hydrogens is 252 g/mol. The van der Waals surface area contributed by atoms with E-state index in [-0.39, 0.29) is 10.9 Å². The fourth-order valence-electron chi connectivity index (χ4n) is 1.62. The molecule has 0 radical (unpaired) electrons. The highest BCUT2D eigenvalue weighted by Crippen LogP contribution is 2.34. The number of nitrogens with two attached hydrogens (primary N) is 1. The van der Waals surface area contributed by atoms with Crippen LogP contribution in [0.25, 0.3) is 0 Å². The molecule has 0 aliphatic rings. The molecule has 0 spiro atoms. The first-order valence-corrected chi connectivity index (χ1v) is 6.37. The molecule has 0 bridgehead atoms. The zero-order valence-electron chi connectivity index (χ0n) is 9.86. The first-order valence-electron chi connectivity index (χ1n) is 5.55. The first-order chi connectivity index (χ1) is 8.58. The molecule has 2 N–H and O–H groups in total. The van der Waals surface area contributed by atoms with Gasteiger partial charge in [0, 0.05) is 10.9 Å². The van der Waals surface area contributed by atoms with Gasteiger partial charge in [-0.3, -0.25) is 0 Å². The highest BCUT2D eigenvalue weighted by Gasteiger charge is 2.11.